The lowest BCUT2D eigenvalue weighted by Gasteiger charge is -2.07. The summed E-state index contributed by atoms with van der Waals surface area (Å²) in [6.45, 7) is 3.60. The Kier molecular flexibility index (Phi) is 13.7. The fraction of sp³-hybridized carbons (Fsp3) is 0.667. The minimum atomic E-state index is 0.314. The van der Waals surface area contributed by atoms with Gasteiger partial charge in [0.1, 0.15) is 6.61 Å². The predicted octanol–water partition coefficient (Wildman–Crippen LogP) is -1.05. The fourth-order valence-corrected chi connectivity index (χ4v) is 1.03. The molecule has 0 amide bonds. The van der Waals surface area contributed by atoms with E-state index >= 15 is 0 Å². The fourth-order valence-electron chi connectivity index (χ4n) is 1.03. The van der Waals surface area contributed by atoms with E-state index in [-0.39, 0.29) is 0 Å². The molecule has 0 radical (unpaired) electrons. The zero-order valence-corrected chi connectivity index (χ0v) is 11.1. The molecule has 0 aromatic rings. The van der Waals surface area contributed by atoms with Crippen molar-refractivity contribution in [1.29, 1.82) is 0 Å². The first-order valence-corrected chi connectivity index (χ1v) is 5.96. The van der Waals surface area contributed by atoms with Crippen LogP contribution >= 0.6 is 0 Å². The second-order valence-corrected chi connectivity index (χ2v) is 3.42. The Bertz CT molecular complexity index is 266. The van der Waals surface area contributed by atoms with Gasteiger partial charge in [-0.05, 0) is 0 Å². The second kappa shape index (κ2) is 14.8. The summed E-state index contributed by atoms with van der Waals surface area (Å²) < 4.78 is 20.8. The maximum atomic E-state index is 5.52. The number of terminal acetylenes is 1. The number of hydrazine groups is 1. The highest BCUT2D eigenvalue weighted by Crippen LogP contribution is 1.85. The van der Waals surface area contributed by atoms with Gasteiger partial charge in [0.05, 0.1) is 51.9 Å². The van der Waals surface area contributed by atoms with Crippen molar-refractivity contribution < 1.29 is 18.9 Å². The first kappa shape index (κ1) is 17.7. The molecule has 19 heavy (non-hydrogen) atoms. The van der Waals surface area contributed by atoms with Crippen molar-refractivity contribution in [2.75, 3.05) is 52.9 Å². The molecular weight excluding hydrogens is 250 g/mol. The maximum absolute atomic E-state index is 5.52. The van der Waals surface area contributed by atoms with Crippen LogP contribution in [0.2, 0.25) is 0 Å². The van der Waals surface area contributed by atoms with Crippen LogP contribution in [-0.2, 0) is 18.9 Å². The van der Waals surface area contributed by atoms with Crippen LogP contribution in [0.15, 0.2) is 11.9 Å². The van der Waals surface area contributed by atoms with Crippen LogP contribution in [0.25, 0.3) is 0 Å². The van der Waals surface area contributed by atoms with E-state index in [1.165, 1.54) is 6.20 Å². The van der Waals surface area contributed by atoms with Crippen LogP contribution in [0.3, 0.4) is 0 Å². The number of nitrogens with two attached hydrogens (primary N) is 2. The zero-order chi connectivity index (χ0) is 14.2. The number of rotatable bonds is 13. The third-order valence-corrected chi connectivity index (χ3v) is 1.84. The van der Waals surface area contributed by atoms with Crippen LogP contribution in [0.1, 0.15) is 0 Å². The number of hydrogen-bond donors (Lipinski definition) is 3. The summed E-state index contributed by atoms with van der Waals surface area (Å²) >= 11 is 0. The summed E-state index contributed by atoms with van der Waals surface area (Å²) in [6, 6.07) is 0. The van der Waals surface area contributed by atoms with Crippen molar-refractivity contribution in [2.24, 2.45) is 11.6 Å². The Morgan fingerprint density at radius 3 is 2.05 bits per heavy atom. The predicted molar refractivity (Wildman–Crippen MR) is 71.7 cm³/mol. The van der Waals surface area contributed by atoms with Gasteiger partial charge >= 0.3 is 0 Å². The van der Waals surface area contributed by atoms with Crippen molar-refractivity contribution in [3.63, 3.8) is 0 Å². The highest BCUT2D eigenvalue weighted by Gasteiger charge is 1.93. The first-order valence-electron chi connectivity index (χ1n) is 5.96. The molecule has 0 aliphatic rings. The van der Waals surface area contributed by atoms with Gasteiger partial charge in [-0.15, -0.1) is 6.42 Å². The van der Waals surface area contributed by atoms with E-state index < -0.39 is 0 Å². The first-order chi connectivity index (χ1) is 9.31. The van der Waals surface area contributed by atoms with E-state index in [1.807, 2.05) is 0 Å². The number of ether oxygens (including phenoxy) is 4. The molecule has 0 aliphatic heterocycles. The quantitative estimate of drug-likeness (QED) is 0.170. The summed E-state index contributed by atoms with van der Waals surface area (Å²) in [4.78, 5) is 0. The summed E-state index contributed by atoms with van der Waals surface area (Å²) in [5.74, 6) is 7.42. The van der Waals surface area contributed by atoms with Crippen molar-refractivity contribution in [3.8, 4) is 12.3 Å². The maximum Gasteiger partial charge on any atom is 0.107 e. The van der Waals surface area contributed by atoms with Gasteiger partial charge in [-0.25, -0.2) is 0 Å². The Morgan fingerprint density at radius 1 is 1.00 bits per heavy atom. The molecule has 110 valence electrons. The summed E-state index contributed by atoms with van der Waals surface area (Å²) in [6.07, 6.45) is 6.48. The Hall–Kier alpha value is -1.30. The molecular formula is C12H23N3O4. The number of nitrogens with one attached hydrogen (secondary N) is 1. The van der Waals surface area contributed by atoms with Gasteiger partial charge in [0, 0.05) is 6.20 Å². The Balaban J connectivity index is 3.07. The number of hydrogen-bond acceptors (Lipinski definition) is 7. The van der Waals surface area contributed by atoms with Gasteiger partial charge in [-0.2, -0.15) is 0 Å². The van der Waals surface area contributed by atoms with Crippen LogP contribution in [0.4, 0.5) is 0 Å². The van der Waals surface area contributed by atoms with Gasteiger partial charge < -0.3 is 30.1 Å². The molecule has 0 rings (SSSR count). The summed E-state index contributed by atoms with van der Waals surface area (Å²) in [5, 5.41) is 0. The molecule has 0 saturated heterocycles. The smallest absolute Gasteiger partial charge is 0.107 e. The molecule has 0 aromatic carbocycles. The van der Waals surface area contributed by atoms with Crippen molar-refractivity contribution in [2.45, 2.75) is 0 Å². The molecule has 0 bridgehead atoms. The summed E-state index contributed by atoms with van der Waals surface area (Å²) in [7, 11) is 0. The summed E-state index contributed by atoms with van der Waals surface area (Å²) in [5.41, 5.74) is 8.37. The lowest BCUT2D eigenvalue weighted by molar-refractivity contribution is 0.00372. The third kappa shape index (κ3) is 14.6. The van der Waals surface area contributed by atoms with E-state index in [2.05, 4.69) is 11.3 Å². The van der Waals surface area contributed by atoms with Crippen molar-refractivity contribution in [1.82, 2.24) is 5.43 Å². The van der Waals surface area contributed by atoms with Gasteiger partial charge in [0.25, 0.3) is 0 Å². The van der Waals surface area contributed by atoms with Gasteiger partial charge in [-0.3, -0.25) is 5.84 Å². The average molecular weight is 273 g/mol. The molecule has 0 spiro atoms. The van der Waals surface area contributed by atoms with Crippen LogP contribution in [-0.4, -0.2) is 52.9 Å². The largest absolute Gasteiger partial charge is 0.399 e. The molecule has 0 aromatic heterocycles. The molecule has 5 N–H and O–H groups in total. The van der Waals surface area contributed by atoms with Crippen LogP contribution in [0, 0.1) is 12.3 Å². The molecule has 0 atom stereocenters. The van der Waals surface area contributed by atoms with E-state index in [4.69, 9.17) is 36.9 Å². The molecule has 7 heteroatoms. The monoisotopic (exact) mass is 273 g/mol. The molecule has 0 heterocycles. The highest BCUT2D eigenvalue weighted by atomic mass is 16.6. The average Bonchev–Trinajstić information content (AvgIpc) is 2.40. The topological polar surface area (TPSA) is 101 Å². The zero-order valence-electron chi connectivity index (χ0n) is 11.1. The van der Waals surface area contributed by atoms with E-state index in [0.717, 1.165) is 0 Å². The van der Waals surface area contributed by atoms with Gasteiger partial charge in [0.2, 0.25) is 0 Å². The van der Waals surface area contributed by atoms with Gasteiger partial charge in [0.15, 0.2) is 0 Å². The standard InChI is InChI=1S/C12H23N3O4/c1-2-3-16-4-5-17-6-7-18-8-9-19-11-12(13)10-15-14/h1,10,15H,3-9,11,13-14H2/b12-10-. The molecule has 0 saturated carbocycles. The van der Waals surface area contributed by atoms with E-state index in [1.54, 1.807) is 0 Å². The lowest BCUT2D eigenvalue weighted by Crippen LogP contribution is -2.19. The Labute approximate surface area is 114 Å². The minimum absolute atomic E-state index is 0.314. The second-order valence-electron chi connectivity index (χ2n) is 3.42. The molecule has 0 unspecified atom stereocenters. The highest BCUT2D eigenvalue weighted by molar-refractivity contribution is 4.93. The SMILES string of the molecule is C#CCOCCOCCOCCOC/C(N)=C/NN. The minimum Gasteiger partial charge on any atom is -0.399 e. The lowest BCUT2D eigenvalue weighted by atomic mass is 10.5. The molecule has 0 aliphatic carbocycles. The third-order valence-electron chi connectivity index (χ3n) is 1.84. The van der Waals surface area contributed by atoms with Crippen molar-refractivity contribution >= 4 is 0 Å². The van der Waals surface area contributed by atoms with Crippen LogP contribution in [0.5, 0.6) is 0 Å². The Morgan fingerprint density at radius 2 is 1.53 bits per heavy atom. The molecule has 7 nitrogen and oxygen atoms in total. The molecule has 0 fully saturated rings. The van der Waals surface area contributed by atoms with E-state index in [0.29, 0.717) is 58.6 Å². The van der Waals surface area contributed by atoms with Crippen LogP contribution < -0.4 is 17.0 Å². The normalized spacial score (nSPS) is 11.3. The van der Waals surface area contributed by atoms with Gasteiger partial charge in [-0.1, -0.05) is 5.92 Å². The van der Waals surface area contributed by atoms with Crippen molar-refractivity contribution in [3.05, 3.63) is 11.9 Å². The van der Waals surface area contributed by atoms with E-state index in [9.17, 15) is 0 Å².